The minimum absolute atomic E-state index is 0.0909. The number of anilines is 1. The molecule has 2 heterocycles. The molecule has 0 bridgehead atoms. The molecule has 8 nitrogen and oxygen atoms in total. The summed E-state index contributed by atoms with van der Waals surface area (Å²) in [4.78, 5) is 13.3. The lowest BCUT2D eigenvalue weighted by Crippen LogP contribution is -2.50. The second-order valence-corrected chi connectivity index (χ2v) is 12.2. The lowest BCUT2D eigenvalue weighted by Gasteiger charge is -2.34. The fourth-order valence-corrected chi connectivity index (χ4v) is 6.01. The minimum Gasteiger partial charge on any atom is -0.325 e. The van der Waals surface area contributed by atoms with Crippen LogP contribution in [0.5, 0.6) is 0 Å². The largest absolute Gasteiger partial charge is 0.325 e. The fourth-order valence-electron chi connectivity index (χ4n) is 4.61. The second-order valence-electron chi connectivity index (χ2n) is 9.41. The number of sulfonamides is 1. The highest BCUT2D eigenvalue weighted by Crippen LogP contribution is 2.29. The first-order valence-electron chi connectivity index (χ1n) is 12.0. The monoisotopic (exact) mass is 615 g/mol. The molecule has 0 fully saturated rings. The number of hydrogen-bond donors (Lipinski definition) is 1. The number of amides is 1. The number of rotatable bonds is 6. The quantitative estimate of drug-likeness (QED) is 0.332. The maximum Gasteiger partial charge on any atom is 0.243 e. The number of nitrogens with one attached hydrogen (secondary N) is 1. The van der Waals surface area contributed by atoms with Crippen molar-refractivity contribution in [1.82, 2.24) is 19.3 Å². The van der Waals surface area contributed by atoms with Crippen molar-refractivity contribution >= 4 is 37.5 Å². The number of fused-ring (bicyclic) bond motifs is 1. The van der Waals surface area contributed by atoms with Crippen molar-refractivity contribution in [3.63, 3.8) is 0 Å². The summed E-state index contributed by atoms with van der Waals surface area (Å²) in [5, 5.41) is 11.0. The van der Waals surface area contributed by atoms with Crippen LogP contribution in [0.15, 0.2) is 71.3 Å². The average Bonchev–Trinajstić information content (AvgIpc) is 3.39. The van der Waals surface area contributed by atoms with Crippen molar-refractivity contribution in [2.24, 2.45) is 0 Å². The van der Waals surface area contributed by atoms with Crippen LogP contribution in [0.25, 0.3) is 11.3 Å². The Bertz CT molecular complexity index is 1680. The number of hydrogen-bond acceptors (Lipinski definition) is 5. The van der Waals surface area contributed by atoms with Crippen molar-refractivity contribution < 1.29 is 22.0 Å². The summed E-state index contributed by atoms with van der Waals surface area (Å²) in [6.07, 6.45) is 2.86. The maximum absolute atomic E-state index is 14.8. The van der Waals surface area contributed by atoms with Crippen molar-refractivity contribution in [2.75, 3.05) is 11.6 Å². The van der Waals surface area contributed by atoms with E-state index in [1.807, 2.05) is 31.2 Å². The molecule has 1 aromatic heterocycles. The summed E-state index contributed by atoms with van der Waals surface area (Å²) in [6, 6.07) is 14.8. The molecule has 4 aromatic rings. The zero-order valence-corrected chi connectivity index (χ0v) is 23.4. The molecule has 5 rings (SSSR count). The van der Waals surface area contributed by atoms with Gasteiger partial charge in [0.25, 0.3) is 0 Å². The van der Waals surface area contributed by atoms with Gasteiger partial charge in [0.2, 0.25) is 15.9 Å². The van der Waals surface area contributed by atoms with Gasteiger partial charge in [0.1, 0.15) is 23.4 Å². The molecule has 0 spiro atoms. The molecule has 0 saturated heterocycles. The molecular formula is C27H24BrF2N5O3S. The van der Waals surface area contributed by atoms with Crippen molar-refractivity contribution in [1.29, 1.82) is 0 Å². The average molecular weight is 616 g/mol. The molecule has 202 valence electrons. The van der Waals surface area contributed by atoms with E-state index in [1.165, 1.54) is 33.3 Å². The molecule has 1 aliphatic rings. The van der Waals surface area contributed by atoms with Gasteiger partial charge in [-0.15, -0.1) is 5.10 Å². The summed E-state index contributed by atoms with van der Waals surface area (Å²) in [5.41, 5.74) is 3.15. The Kier molecular flexibility index (Phi) is 7.36. The summed E-state index contributed by atoms with van der Waals surface area (Å²) < 4.78 is 56.5. The molecule has 12 heteroatoms. The Morgan fingerprint density at radius 2 is 1.79 bits per heavy atom. The van der Waals surface area contributed by atoms with E-state index < -0.39 is 27.8 Å². The van der Waals surface area contributed by atoms with E-state index in [2.05, 4.69) is 31.6 Å². The smallest absolute Gasteiger partial charge is 0.243 e. The predicted octanol–water partition coefficient (Wildman–Crippen LogP) is 4.92. The lowest BCUT2D eigenvalue weighted by atomic mass is 9.95. The van der Waals surface area contributed by atoms with Crippen LogP contribution in [0.3, 0.4) is 0 Å². The van der Waals surface area contributed by atoms with Gasteiger partial charge in [-0.2, -0.15) is 4.31 Å². The number of aromatic nitrogens is 3. The van der Waals surface area contributed by atoms with Gasteiger partial charge in [0.05, 0.1) is 23.0 Å². The van der Waals surface area contributed by atoms with Crippen LogP contribution in [0.2, 0.25) is 0 Å². The van der Waals surface area contributed by atoms with Crippen LogP contribution in [0.1, 0.15) is 29.7 Å². The molecule has 39 heavy (non-hydrogen) atoms. The van der Waals surface area contributed by atoms with E-state index in [0.29, 0.717) is 4.47 Å². The Hall–Kier alpha value is -3.48. The molecule has 1 unspecified atom stereocenters. The van der Waals surface area contributed by atoms with E-state index in [9.17, 15) is 22.0 Å². The third-order valence-electron chi connectivity index (χ3n) is 6.78. The molecule has 1 N–H and O–H groups in total. The van der Waals surface area contributed by atoms with Crippen LogP contribution < -0.4 is 5.32 Å². The highest BCUT2D eigenvalue weighted by Gasteiger charge is 2.36. The zero-order chi connectivity index (χ0) is 27.9. The first-order valence-corrected chi connectivity index (χ1v) is 14.7. The van der Waals surface area contributed by atoms with Crippen molar-refractivity contribution in [3.8, 4) is 11.3 Å². The van der Waals surface area contributed by atoms with Gasteiger partial charge in [0, 0.05) is 17.8 Å². The summed E-state index contributed by atoms with van der Waals surface area (Å²) in [5.74, 6) is -1.48. The van der Waals surface area contributed by atoms with Gasteiger partial charge >= 0.3 is 0 Å². The van der Waals surface area contributed by atoms with Gasteiger partial charge in [-0.05, 0) is 76.3 Å². The van der Waals surface area contributed by atoms with E-state index in [1.54, 1.807) is 18.3 Å². The standard InChI is InChI=1S/C27H24BrF2N5O3S/c1-16(17-7-9-24(30)22(28)11-17)34-15-25(32-33-34)21-13-20(8-10-23(21)29)31-27(36)26-12-18-5-3-4-6-19(18)14-35(26)39(2,37)38/h3-11,13,15-16,26H,12,14H2,1-2H3,(H,31,36)/t16-,26?/m1/s1. The molecule has 3 aromatic carbocycles. The summed E-state index contributed by atoms with van der Waals surface area (Å²) in [7, 11) is -3.68. The SMILES string of the molecule is C[C@H](c1ccc(F)c(Br)c1)n1cc(-c2cc(NC(=O)C3Cc4ccccc4CN3S(C)(=O)=O)ccc2F)nn1. The van der Waals surface area contributed by atoms with Crippen LogP contribution in [-0.2, 0) is 27.8 Å². The molecular weight excluding hydrogens is 592 g/mol. The molecule has 2 atom stereocenters. The van der Waals surface area contributed by atoms with Crippen LogP contribution in [0.4, 0.5) is 14.5 Å². The number of halogens is 3. The molecule has 0 saturated carbocycles. The third kappa shape index (κ3) is 5.63. The molecule has 1 amide bonds. The first-order chi connectivity index (χ1) is 18.5. The van der Waals surface area contributed by atoms with Crippen LogP contribution >= 0.6 is 15.9 Å². The lowest BCUT2D eigenvalue weighted by molar-refractivity contribution is -0.120. The van der Waals surface area contributed by atoms with Crippen molar-refractivity contribution in [3.05, 3.63) is 99.7 Å². The Labute approximate surface area is 232 Å². The molecule has 0 radical (unpaired) electrons. The van der Waals surface area contributed by atoms with Gasteiger partial charge < -0.3 is 5.32 Å². The first kappa shape index (κ1) is 27.1. The van der Waals surface area contributed by atoms with Crippen molar-refractivity contribution in [2.45, 2.75) is 32.0 Å². The van der Waals surface area contributed by atoms with Gasteiger partial charge in [-0.25, -0.2) is 21.9 Å². The van der Waals surface area contributed by atoms with E-state index in [4.69, 9.17) is 0 Å². The van der Waals surface area contributed by atoms with E-state index >= 15 is 0 Å². The predicted molar refractivity (Wildman–Crippen MR) is 146 cm³/mol. The second kappa shape index (κ2) is 10.6. The Balaban J connectivity index is 1.39. The number of carbonyl (C=O) groups excluding carboxylic acids is 1. The topological polar surface area (TPSA) is 97.2 Å². The minimum atomic E-state index is -3.68. The molecule has 1 aliphatic heterocycles. The Morgan fingerprint density at radius 3 is 2.51 bits per heavy atom. The highest BCUT2D eigenvalue weighted by atomic mass is 79.9. The van der Waals surface area contributed by atoms with Gasteiger partial charge in [0.15, 0.2) is 0 Å². The van der Waals surface area contributed by atoms with E-state index in [0.717, 1.165) is 22.9 Å². The van der Waals surface area contributed by atoms with Gasteiger partial charge in [-0.1, -0.05) is 35.5 Å². The Morgan fingerprint density at radius 1 is 1.08 bits per heavy atom. The third-order valence-corrected chi connectivity index (χ3v) is 8.62. The summed E-state index contributed by atoms with van der Waals surface area (Å²) in [6.45, 7) is 1.94. The maximum atomic E-state index is 14.8. The fraction of sp³-hybridized carbons (Fsp3) is 0.222. The normalized spacial score (nSPS) is 16.5. The number of carbonyl (C=O) groups is 1. The molecule has 0 aliphatic carbocycles. The summed E-state index contributed by atoms with van der Waals surface area (Å²) >= 11 is 3.18. The van der Waals surface area contributed by atoms with Crippen LogP contribution in [0, 0.1) is 11.6 Å². The highest BCUT2D eigenvalue weighted by molar-refractivity contribution is 9.10. The van der Waals surface area contributed by atoms with Gasteiger partial charge in [-0.3, -0.25) is 4.79 Å². The number of benzene rings is 3. The van der Waals surface area contributed by atoms with E-state index in [-0.39, 0.29) is 41.8 Å². The van der Waals surface area contributed by atoms with Crippen LogP contribution in [-0.4, -0.2) is 45.9 Å². The number of nitrogens with zero attached hydrogens (tertiary/aromatic N) is 4. The zero-order valence-electron chi connectivity index (χ0n) is 21.0.